The van der Waals surface area contributed by atoms with Crippen molar-refractivity contribution in [2.75, 3.05) is 6.26 Å². The molecule has 1 aromatic rings. The standard InChI is InChI=1S/C10H8FN3O2S/c1-17-10(13-5-12)14-8-3-2-6(11)4-7(8)9(15)16/h2-4H,1H3,(H,13,14)(H,15,16). The molecule has 0 amide bonds. The lowest BCUT2D eigenvalue weighted by Crippen LogP contribution is -2.13. The molecule has 0 heterocycles. The Morgan fingerprint density at radius 2 is 2.35 bits per heavy atom. The van der Waals surface area contributed by atoms with Gasteiger partial charge in [-0.1, -0.05) is 11.8 Å². The van der Waals surface area contributed by atoms with Crippen LogP contribution in [0.25, 0.3) is 0 Å². The Morgan fingerprint density at radius 3 is 2.88 bits per heavy atom. The quantitative estimate of drug-likeness (QED) is 0.364. The maximum atomic E-state index is 12.9. The van der Waals surface area contributed by atoms with E-state index in [4.69, 9.17) is 10.4 Å². The maximum absolute atomic E-state index is 12.9. The zero-order valence-electron chi connectivity index (χ0n) is 8.77. The summed E-state index contributed by atoms with van der Waals surface area (Å²) in [4.78, 5) is 14.8. The molecule has 0 unspecified atom stereocenters. The summed E-state index contributed by atoms with van der Waals surface area (Å²) in [5, 5.41) is 19.8. The second-order valence-electron chi connectivity index (χ2n) is 2.82. The third kappa shape index (κ3) is 3.46. The topological polar surface area (TPSA) is 85.5 Å². The minimum atomic E-state index is -1.28. The Hall–Kier alpha value is -2.07. The number of carboxylic acid groups (broad SMARTS) is 1. The molecule has 0 bridgehead atoms. The summed E-state index contributed by atoms with van der Waals surface area (Å²) in [6, 6.07) is 3.23. The largest absolute Gasteiger partial charge is 0.478 e. The van der Waals surface area contributed by atoms with E-state index in [2.05, 4.69) is 10.3 Å². The van der Waals surface area contributed by atoms with Crippen LogP contribution in [0.5, 0.6) is 0 Å². The van der Waals surface area contributed by atoms with Gasteiger partial charge in [0.2, 0.25) is 0 Å². The highest BCUT2D eigenvalue weighted by atomic mass is 32.2. The highest BCUT2D eigenvalue weighted by molar-refractivity contribution is 8.13. The Labute approximate surface area is 101 Å². The molecule has 0 aromatic heterocycles. The molecule has 0 saturated carbocycles. The molecule has 0 fully saturated rings. The van der Waals surface area contributed by atoms with Crippen LogP contribution in [0.2, 0.25) is 0 Å². The van der Waals surface area contributed by atoms with E-state index >= 15 is 0 Å². The van der Waals surface area contributed by atoms with Crippen LogP contribution in [-0.4, -0.2) is 22.5 Å². The summed E-state index contributed by atoms with van der Waals surface area (Å²) in [6.45, 7) is 0. The van der Waals surface area contributed by atoms with Gasteiger partial charge < -0.3 is 5.11 Å². The summed E-state index contributed by atoms with van der Waals surface area (Å²) >= 11 is 1.14. The lowest BCUT2D eigenvalue weighted by Gasteiger charge is -2.03. The fourth-order valence-corrected chi connectivity index (χ4v) is 1.40. The lowest BCUT2D eigenvalue weighted by atomic mass is 10.2. The lowest BCUT2D eigenvalue weighted by molar-refractivity contribution is 0.0697. The minimum Gasteiger partial charge on any atom is -0.478 e. The van der Waals surface area contributed by atoms with Crippen molar-refractivity contribution in [2.45, 2.75) is 0 Å². The zero-order chi connectivity index (χ0) is 12.8. The minimum absolute atomic E-state index is 0.0889. The van der Waals surface area contributed by atoms with Crippen molar-refractivity contribution in [3.63, 3.8) is 0 Å². The van der Waals surface area contributed by atoms with Crippen molar-refractivity contribution in [3.05, 3.63) is 29.6 Å². The van der Waals surface area contributed by atoms with E-state index in [1.165, 1.54) is 6.07 Å². The van der Waals surface area contributed by atoms with E-state index in [1.807, 2.05) is 0 Å². The van der Waals surface area contributed by atoms with E-state index in [9.17, 15) is 9.18 Å². The number of hydrogen-bond donors (Lipinski definition) is 2. The number of nitrogens with zero attached hydrogens (tertiary/aromatic N) is 2. The van der Waals surface area contributed by atoms with E-state index < -0.39 is 11.8 Å². The normalized spacial score (nSPS) is 10.8. The van der Waals surface area contributed by atoms with Crippen LogP contribution in [0.4, 0.5) is 10.1 Å². The van der Waals surface area contributed by atoms with Crippen molar-refractivity contribution in [2.24, 2.45) is 4.99 Å². The number of amidine groups is 1. The number of carboxylic acids is 1. The van der Waals surface area contributed by atoms with Crippen LogP contribution < -0.4 is 5.32 Å². The number of nitrogens with one attached hydrogen (secondary N) is 1. The molecule has 0 radical (unpaired) electrons. The zero-order valence-corrected chi connectivity index (χ0v) is 9.58. The average Bonchev–Trinajstić information content (AvgIpc) is 2.30. The van der Waals surface area contributed by atoms with Gasteiger partial charge in [-0.3, -0.25) is 5.32 Å². The van der Waals surface area contributed by atoms with Crippen molar-refractivity contribution in [1.29, 1.82) is 5.26 Å². The second-order valence-corrected chi connectivity index (χ2v) is 3.62. The van der Waals surface area contributed by atoms with E-state index in [0.717, 1.165) is 23.9 Å². The van der Waals surface area contributed by atoms with Crippen molar-refractivity contribution < 1.29 is 14.3 Å². The molecule has 0 aliphatic rings. The van der Waals surface area contributed by atoms with Crippen molar-refractivity contribution in [1.82, 2.24) is 5.32 Å². The number of carbonyl (C=O) groups is 1. The van der Waals surface area contributed by atoms with Gasteiger partial charge in [0, 0.05) is 0 Å². The molecule has 0 saturated heterocycles. The Kier molecular flexibility index (Phi) is 4.48. The fourth-order valence-electron chi connectivity index (χ4n) is 1.06. The predicted molar refractivity (Wildman–Crippen MR) is 62.7 cm³/mol. The molecule has 17 heavy (non-hydrogen) atoms. The molecule has 2 N–H and O–H groups in total. The van der Waals surface area contributed by atoms with Gasteiger partial charge in [0.15, 0.2) is 11.4 Å². The first-order chi connectivity index (χ1) is 8.08. The van der Waals surface area contributed by atoms with Gasteiger partial charge in [0.25, 0.3) is 0 Å². The van der Waals surface area contributed by atoms with E-state index in [-0.39, 0.29) is 16.4 Å². The SMILES string of the molecule is CSC(=Nc1ccc(F)cc1C(=O)O)NC#N. The van der Waals surface area contributed by atoms with Gasteiger partial charge in [-0.25, -0.2) is 14.2 Å². The van der Waals surface area contributed by atoms with E-state index in [0.29, 0.717) is 0 Å². The van der Waals surface area contributed by atoms with Gasteiger partial charge in [0.1, 0.15) is 5.82 Å². The van der Waals surface area contributed by atoms with Crippen LogP contribution in [0.3, 0.4) is 0 Å². The second kappa shape index (κ2) is 5.86. The first kappa shape index (κ1) is 13.0. The Bertz CT molecular complexity index is 511. The monoisotopic (exact) mass is 253 g/mol. The summed E-state index contributed by atoms with van der Waals surface area (Å²) < 4.78 is 12.9. The van der Waals surface area contributed by atoms with Gasteiger partial charge in [-0.15, -0.1) is 0 Å². The van der Waals surface area contributed by atoms with E-state index in [1.54, 1.807) is 12.4 Å². The molecule has 1 rings (SSSR count). The van der Waals surface area contributed by atoms with Crippen molar-refractivity contribution in [3.8, 4) is 6.19 Å². The van der Waals surface area contributed by atoms with Crippen LogP contribution in [0, 0.1) is 17.3 Å². The molecule has 5 nitrogen and oxygen atoms in total. The van der Waals surface area contributed by atoms with Crippen LogP contribution in [-0.2, 0) is 0 Å². The molecular formula is C10H8FN3O2S. The number of rotatable bonds is 2. The molecule has 0 atom stereocenters. The first-order valence-corrected chi connectivity index (χ1v) is 5.61. The van der Waals surface area contributed by atoms with Crippen LogP contribution in [0.15, 0.2) is 23.2 Å². The highest BCUT2D eigenvalue weighted by Gasteiger charge is 2.11. The highest BCUT2D eigenvalue weighted by Crippen LogP contribution is 2.21. The van der Waals surface area contributed by atoms with Crippen LogP contribution >= 0.6 is 11.8 Å². The van der Waals surface area contributed by atoms with Crippen LogP contribution in [0.1, 0.15) is 10.4 Å². The number of benzene rings is 1. The Balaban J connectivity index is 3.22. The van der Waals surface area contributed by atoms with Crippen molar-refractivity contribution >= 4 is 28.6 Å². The van der Waals surface area contributed by atoms with Gasteiger partial charge in [-0.2, -0.15) is 5.26 Å². The van der Waals surface area contributed by atoms with Gasteiger partial charge in [-0.05, 0) is 24.5 Å². The predicted octanol–water partition coefficient (Wildman–Crippen LogP) is 1.95. The van der Waals surface area contributed by atoms with Gasteiger partial charge >= 0.3 is 5.97 Å². The van der Waals surface area contributed by atoms with Gasteiger partial charge in [0.05, 0.1) is 11.3 Å². The molecule has 88 valence electrons. The number of halogens is 1. The Morgan fingerprint density at radius 1 is 1.65 bits per heavy atom. The molecule has 0 aliphatic heterocycles. The third-order valence-corrected chi connectivity index (χ3v) is 2.35. The fraction of sp³-hybridized carbons (Fsp3) is 0.100. The summed E-state index contributed by atoms with van der Waals surface area (Å²) in [7, 11) is 0. The molecule has 0 aliphatic carbocycles. The number of thioether (sulfide) groups is 1. The number of aromatic carboxylic acids is 1. The molecule has 1 aromatic carbocycles. The average molecular weight is 253 g/mol. The maximum Gasteiger partial charge on any atom is 0.338 e. The molecular weight excluding hydrogens is 245 g/mol. The third-order valence-electron chi connectivity index (χ3n) is 1.77. The number of aliphatic imine (C=N–C) groups is 1. The number of nitriles is 1. The first-order valence-electron chi connectivity index (χ1n) is 4.39. The summed E-state index contributed by atoms with van der Waals surface area (Å²) in [5.74, 6) is -1.93. The molecule has 7 heteroatoms. The molecule has 0 spiro atoms. The summed E-state index contributed by atoms with van der Waals surface area (Å²) in [5.41, 5.74) is -0.165. The smallest absolute Gasteiger partial charge is 0.338 e. The summed E-state index contributed by atoms with van der Waals surface area (Å²) in [6.07, 6.45) is 3.35. The number of hydrogen-bond acceptors (Lipinski definition) is 4.